The van der Waals surface area contributed by atoms with Crippen LogP contribution in [0.4, 0.5) is 0 Å². The fourth-order valence-electron chi connectivity index (χ4n) is 3.25. The van der Waals surface area contributed by atoms with E-state index in [0.717, 1.165) is 12.8 Å². The van der Waals surface area contributed by atoms with Gasteiger partial charge in [0.25, 0.3) is 0 Å². The first kappa shape index (κ1) is 12.6. The predicted molar refractivity (Wildman–Crippen MR) is 65.7 cm³/mol. The molecular formula is C12H24O3Si. The molecule has 2 aliphatic rings. The zero-order chi connectivity index (χ0) is 11.4. The van der Waals surface area contributed by atoms with Gasteiger partial charge < -0.3 is 13.6 Å². The second-order valence-corrected chi connectivity index (χ2v) is 7.76. The van der Waals surface area contributed by atoms with Crippen molar-refractivity contribution in [2.24, 2.45) is 0 Å². The van der Waals surface area contributed by atoms with Crippen molar-refractivity contribution in [3.63, 3.8) is 0 Å². The summed E-state index contributed by atoms with van der Waals surface area (Å²) in [5.74, 6) is 0. The Kier molecular flexibility index (Phi) is 4.41. The molecule has 0 N–H and O–H groups in total. The predicted octanol–water partition coefficient (Wildman–Crippen LogP) is 2.31. The van der Waals surface area contributed by atoms with Crippen LogP contribution in [0.2, 0.25) is 0 Å². The highest BCUT2D eigenvalue weighted by Crippen LogP contribution is 2.39. The molecule has 0 aromatic carbocycles. The van der Waals surface area contributed by atoms with E-state index in [2.05, 4.69) is 0 Å². The van der Waals surface area contributed by atoms with E-state index in [1.165, 1.54) is 38.5 Å². The molecule has 0 radical (unpaired) electrons. The summed E-state index contributed by atoms with van der Waals surface area (Å²) in [6.45, 7) is 0. The third kappa shape index (κ3) is 2.50. The second kappa shape index (κ2) is 5.62. The van der Waals surface area contributed by atoms with Gasteiger partial charge in [-0.05, 0) is 25.7 Å². The van der Waals surface area contributed by atoms with Gasteiger partial charge in [0.15, 0.2) is 0 Å². The SMILES string of the molecule is CO[SiH](OC)C1(OC2CCCC2)CCCC1. The van der Waals surface area contributed by atoms with E-state index >= 15 is 0 Å². The topological polar surface area (TPSA) is 27.7 Å². The van der Waals surface area contributed by atoms with Crippen LogP contribution < -0.4 is 0 Å². The molecule has 0 amide bonds. The third-order valence-electron chi connectivity index (χ3n) is 4.01. The van der Waals surface area contributed by atoms with Gasteiger partial charge in [-0.3, -0.25) is 0 Å². The van der Waals surface area contributed by atoms with Gasteiger partial charge in [-0.25, -0.2) is 0 Å². The minimum absolute atomic E-state index is 0.0293. The second-order valence-electron chi connectivity index (χ2n) is 5.10. The number of hydrogen-bond acceptors (Lipinski definition) is 3. The average molecular weight is 244 g/mol. The van der Waals surface area contributed by atoms with Gasteiger partial charge in [0.05, 0.1) is 6.10 Å². The lowest BCUT2D eigenvalue weighted by atomic mass is 10.2. The Morgan fingerprint density at radius 2 is 1.50 bits per heavy atom. The molecule has 2 rings (SSSR count). The van der Waals surface area contributed by atoms with E-state index in [4.69, 9.17) is 13.6 Å². The summed E-state index contributed by atoms with van der Waals surface area (Å²) in [7, 11) is 1.89. The number of rotatable bonds is 5. The fourth-order valence-corrected chi connectivity index (χ4v) is 5.48. The molecule has 0 aromatic rings. The minimum Gasteiger partial charge on any atom is -0.398 e. The summed E-state index contributed by atoms with van der Waals surface area (Å²) in [4.78, 5) is 0. The standard InChI is InChI=1S/C12H24O3Si/c1-13-16(14-2)12(9-5-6-10-12)15-11-7-3-4-8-11/h11,16H,3-10H2,1-2H3. The van der Waals surface area contributed by atoms with Crippen molar-refractivity contribution in [3.05, 3.63) is 0 Å². The van der Waals surface area contributed by atoms with E-state index < -0.39 is 9.28 Å². The van der Waals surface area contributed by atoms with Crippen LogP contribution in [-0.2, 0) is 13.6 Å². The smallest absolute Gasteiger partial charge is 0.354 e. The summed E-state index contributed by atoms with van der Waals surface area (Å²) < 4.78 is 17.6. The Labute approximate surface area is 100 Å². The van der Waals surface area contributed by atoms with Crippen LogP contribution in [0.1, 0.15) is 51.4 Å². The Bertz CT molecular complexity index is 206. The molecule has 0 aliphatic heterocycles. The molecule has 0 atom stereocenters. The maximum Gasteiger partial charge on any atom is 0.354 e. The summed E-state index contributed by atoms with van der Waals surface area (Å²) in [6.07, 6.45) is 10.4. The highest BCUT2D eigenvalue weighted by Gasteiger charge is 2.47. The van der Waals surface area contributed by atoms with Crippen molar-refractivity contribution in [1.82, 2.24) is 0 Å². The molecule has 4 heteroatoms. The van der Waals surface area contributed by atoms with Crippen molar-refractivity contribution < 1.29 is 13.6 Å². The van der Waals surface area contributed by atoms with Gasteiger partial charge in [0.2, 0.25) is 0 Å². The third-order valence-corrected chi connectivity index (χ3v) is 6.44. The van der Waals surface area contributed by atoms with Crippen LogP contribution in [0.25, 0.3) is 0 Å². The lowest BCUT2D eigenvalue weighted by molar-refractivity contribution is -0.0582. The first-order valence-electron chi connectivity index (χ1n) is 6.54. The molecule has 0 aromatic heterocycles. The number of hydrogen-bond donors (Lipinski definition) is 0. The lowest BCUT2D eigenvalue weighted by Gasteiger charge is -2.36. The van der Waals surface area contributed by atoms with Crippen molar-refractivity contribution in [3.8, 4) is 0 Å². The molecule has 0 unspecified atom stereocenters. The zero-order valence-electron chi connectivity index (χ0n) is 10.5. The minimum atomic E-state index is -1.66. The molecule has 0 saturated heterocycles. The van der Waals surface area contributed by atoms with E-state index in [1.807, 2.05) is 0 Å². The Hall–Kier alpha value is 0.0969. The van der Waals surface area contributed by atoms with Crippen LogP contribution in [0.5, 0.6) is 0 Å². The molecular weight excluding hydrogens is 220 g/mol. The zero-order valence-corrected chi connectivity index (χ0v) is 11.7. The van der Waals surface area contributed by atoms with E-state index in [9.17, 15) is 0 Å². The maximum absolute atomic E-state index is 6.42. The van der Waals surface area contributed by atoms with Crippen LogP contribution in [-0.4, -0.2) is 34.8 Å². The Morgan fingerprint density at radius 1 is 0.938 bits per heavy atom. The number of ether oxygens (including phenoxy) is 1. The molecule has 3 nitrogen and oxygen atoms in total. The largest absolute Gasteiger partial charge is 0.398 e. The lowest BCUT2D eigenvalue weighted by Crippen LogP contribution is -2.50. The fraction of sp³-hybridized carbons (Fsp3) is 1.00. The quantitative estimate of drug-likeness (QED) is 0.695. The Balaban J connectivity index is 2.01. The molecule has 16 heavy (non-hydrogen) atoms. The van der Waals surface area contributed by atoms with Gasteiger partial charge in [0.1, 0.15) is 5.22 Å². The molecule has 2 saturated carbocycles. The first-order chi connectivity index (χ1) is 7.80. The monoisotopic (exact) mass is 244 g/mol. The van der Waals surface area contributed by atoms with Gasteiger partial charge in [-0.15, -0.1) is 0 Å². The first-order valence-corrected chi connectivity index (χ1v) is 8.06. The molecule has 2 aliphatic carbocycles. The van der Waals surface area contributed by atoms with Crippen LogP contribution in [0, 0.1) is 0 Å². The molecule has 0 bridgehead atoms. The van der Waals surface area contributed by atoms with Crippen LogP contribution >= 0.6 is 0 Å². The Morgan fingerprint density at radius 3 is 2.00 bits per heavy atom. The van der Waals surface area contributed by atoms with E-state index in [0.29, 0.717) is 6.10 Å². The van der Waals surface area contributed by atoms with Gasteiger partial charge >= 0.3 is 9.28 Å². The highest BCUT2D eigenvalue weighted by atomic mass is 28.3. The average Bonchev–Trinajstić information content (AvgIpc) is 2.93. The van der Waals surface area contributed by atoms with E-state index in [1.54, 1.807) is 14.2 Å². The molecule has 0 spiro atoms. The van der Waals surface area contributed by atoms with Crippen LogP contribution in [0.3, 0.4) is 0 Å². The van der Waals surface area contributed by atoms with Crippen molar-refractivity contribution in [1.29, 1.82) is 0 Å². The molecule has 2 fully saturated rings. The maximum atomic E-state index is 6.42. The van der Waals surface area contributed by atoms with Crippen molar-refractivity contribution >= 4 is 9.28 Å². The van der Waals surface area contributed by atoms with Gasteiger partial charge in [-0.2, -0.15) is 0 Å². The molecule has 94 valence electrons. The van der Waals surface area contributed by atoms with Gasteiger partial charge in [0, 0.05) is 14.2 Å². The summed E-state index contributed by atoms with van der Waals surface area (Å²) in [6, 6.07) is 0. The summed E-state index contributed by atoms with van der Waals surface area (Å²) >= 11 is 0. The highest BCUT2D eigenvalue weighted by molar-refractivity contribution is 6.48. The normalized spacial score (nSPS) is 25.7. The summed E-state index contributed by atoms with van der Waals surface area (Å²) in [5, 5.41) is -0.0293. The summed E-state index contributed by atoms with van der Waals surface area (Å²) in [5.41, 5.74) is 0. The van der Waals surface area contributed by atoms with Crippen LogP contribution in [0.15, 0.2) is 0 Å². The van der Waals surface area contributed by atoms with E-state index in [-0.39, 0.29) is 5.22 Å². The molecule has 0 heterocycles. The van der Waals surface area contributed by atoms with Gasteiger partial charge in [-0.1, -0.05) is 25.7 Å². The van der Waals surface area contributed by atoms with Crippen molar-refractivity contribution in [2.45, 2.75) is 62.7 Å². The van der Waals surface area contributed by atoms with Crippen molar-refractivity contribution in [2.75, 3.05) is 14.2 Å².